The molecule has 0 saturated carbocycles. The van der Waals surface area contributed by atoms with Crippen molar-refractivity contribution in [3.63, 3.8) is 0 Å². The number of benzene rings is 1. The molecule has 2 rings (SSSR count). The van der Waals surface area contributed by atoms with E-state index in [1.54, 1.807) is 0 Å². The number of likely N-dealkylation sites (N-methyl/N-ethyl adjacent to an activating group) is 1. The molecule has 3 nitrogen and oxygen atoms in total. The maximum atomic E-state index is 6.38. The van der Waals surface area contributed by atoms with Gasteiger partial charge in [0.05, 0.1) is 6.10 Å². The largest absolute Gasteiger partial charge is 0.376 e. The Balaban J connectivity index is 2.03. The van der Waals surface area contributed by atoms with Gasteiger partial charge in [-0.2, -0.15) is 0 Å². The molecular formula is C16H25ClN2O. The minimum atomic E-state index is 0.371. The van der Waals surface area contributed by atoms with Gasteiger partial charge in [-0.25, -0.2) is 0 Å². The number of hydrogen-bond donors (Lipinski definition) is 1. The lowest BCUT2D eigenvalue weighted by Crippen LogP contribution is -2.32. The molecule has 1 aromatic carbocycles. The zero-order chi connectivity index (χ0) is 14.4. The van der Waals surface area contributed by atoms with Crippen LogP contribution in [0, 0.1) is 0 Å². The zero-order valence-electron chi connectivity index (χ0n) is 12.5. The smallest absolute Gasteiger partial charge is 0.0750 e. The van der Waals surface area contributed by atoms with Crippen LogP contribution in [0.25, 0.3) is 0 Å². The van der Waals surface area contributed by atoms with Gasteiger partial charge in [-0.1, -0.05) is 24.6 Å². The van der Waals surface area contributed by atoms with E-state index in [1.165, 1.54) is 18.5 Å². The van der Waals surface area contributed by atoms with Crippen LogP contribution in [0.15, 0.2) is 18.2 Å². The van der Waals surface area contributed by atoms with Crippen molar-refractivity contribution in [1.29, 1.82) is 0 Å². The first-order valence-corrected chi connectivity index (χ1v) is 7.98. The predicted octanol–water partition coefficient (Wildman–Crippen LogP) is 3.45. The molecule has 0 amide bonds. The second-order valence-corrected chi connectivity index (χ2v) is 5.64. The molecule has 0 spiro atoms. The highest BCUT2D eigenvalue weighted by Crippen LogP contribution is 2.25. The number of nitrogens with one attached hydrogen (secondary N) is 1. The summed E-state index contributed by atoms with van der Waals surface area (Å²) >= 11 is 6.38. The monoisotopic (exact) mass is 296 g/mol. The number of anilines is 1. The van der Waals surface area contributed by atoms with E-state index in [4.69, 9.17) is 16.3 Å². The van der Waals surface area contributed by atoms with Crippen molar-refractivity contribution >= 4 is 17.3 Å². The molecule has 1 atom stereocenters. The molecule has 1 aliphatic rings. The van der Waals surface area contributed by atoms with E-state index in [2.05, 4.69) is 42.3 Å². The molecule has 4 heteroatoms. The standard InChI is InChI=1S/C16H25ClN2O/c1-3-18-11-13-7-8-14(10-16(13)17)19(4-2)12-15-6-5-9-20-15/h7-8,10,15,18H,3-6,9,11-12H2,1-2H3. The van der Waals surface area contributed by atoms with Crippen molar-refractivity contribution in [3.05, 3.63) is 28.8 Å². The molecule has 1 heterocycles. The lowest BCUT2D eigenvalue weighted by molar-refractivity contribution is 0.115. The molecular weight excluding hydrogens is 272 g/mol. The van der Waals surface area contributed by atoms with Crippen LogP contribution >= 0.6 is 11.6 Å². The van der Waals surface area contributed by atoms with E-state index in [1.807, 2.05) is 0 Å². The summed E-state index contributed by atoms with van der Waals surface area (Å²) in [6.45, 7) is 8.90. The van der Waals surface area contributed by atoms with Gasteiger partial charge in [-0.3, -0.25) is 0 Å². The number of rotatable bonds is 7. The van der Waals surface area contributed by atoms with Gasteiger partial charge in [0, 0.05) is 37.0 Å². The Morgan fingerprint density at radius 1 is 1.40 bits per heavy atom. The highest BCUT2D eigenvalue weighted by molar-refractivity contribution is 6.31. The van der Waals surface area contributed by atoms with Gasteiger partial charge in [-0.15, -0.1) is 0 Å². The highest BCUT2D eigenvalue weighted by atomic mass is 35.5. The summed E-state index contributed by atoms with van der Waals surface area (Å²) in [6.07, 6.45) is 2.73. The molecule has 1 aliphatic heterocycles. The molecule has 112 valence electrons. The molecule has 0 aromatic heterocycles. The summed E-state index contributed by atoms with van der Waals surface area (Å²) in [6, 6.07) is 6.36. The SMILES string of the molecule is CCNCc1ccc(N(CC)CC2CCCO2)cc1Cl. The van der Waals surface area contributed by atoms with Gasteiger partial charge < -0.3 is 15.0 Å². The Morgan fingerprint density at radius 3 is 2.85 bits per heavy atom. The third-order valence-corrected chi connectivity index (χ3v) is 4.15. The Labute approximate surface area is 127 Å². The van der Waals surface area contributed by atoms with E-state index in [0.717, 1.165) is 43.4 Å². The topological polar surface area (TPSA) is 24.5 Å². The number of nitrogens with zero attached hydrogens (tertiary/aromatic N) is 1. The Morgan fingerprint density at radius 2 is 2.25 bits per heavy atom. The third-order valence-electron chi connectivity index (χ3n) is 3.80. The Kier molecular flexibility index (Phi) is 6.14. The van der Waals surface area contributed by atoms with Crippen LogP contribution in [0.1, 0.15) is 32.3 Å². The average molecular weight is 297 g/mol. The van der Waals surface area contributed by atoms with Crippen molar-refractivity contribution in [1.82, 2.24) is 5.32 Å². The molecule has 1 aromatic rings. The summed E-state index contributed by atoms with van der Waals surface area (Å²) < 4.78 is 5.73. The van der Waals surface area contributed by atoms with Crippen LogP contribution in [0.3, 0.4) is 0 Å². The normalized spacial score (nSPS) is 18.4. The van der Waals surface area contributed by atoms with Gasteiger partial charge in [0.2, 0.25) is 0 Å². The van der Waals surface area contributed by atoms with Crippen molar-refractivity contribution in [2.24, 2.45) is 0 Å². The summed E-state index contributed by atoms with van der Waals surface area (Å²) in [4.78, 5) is 2.35. The molecule has 0 aliphatic carbocycles. The van der Waals surface area contributed by atoms with Crippen molar-refractivity contribution < 1.29 is 4.74 Å². The second-order valence-electron chi connectivity index (χ2n) is 5.23. The van der Waals surface area contributed by atoms with Gasteiger partial charge in [0.25, 0.3) is 0 Å². The van der Waals surface area contributed by atoms with Gasteiger partial charge >= 0.3 is 0 Å². The first-order chi connectivity index (χ1) is 9.74. The third kappa shape index (κ3) is 4.11. The summed E-state index contributed by atoms with van der Waals surface area (Å²) in [5, 5.41) is 4.15. The fourth-order valence-electron chi connectivity index (χ4n) is 2.59. The first kappa shape index (κ1) is 15.6. The Bertz CT molecular complexity index is 419. The van der Waals surface area contributed by atoms with E-state index in [9.17, 15) is 0 Å². The van der Waals surface area contributed by atoms with Crippen LogP contribution < -0.4 is 10.2 Å². The molecule has 1 saturated heterocycles. The van der Waals surface area contributed by atoms with Crippen molar-refractivity contribution in [2.45, 2.75) is 39.3 Å². The molecule has 1 unspecified atom stereocenters. The molecule has 1 fully saturated rings. The number of ether oxygens (including phenoxy) is 1. The van der Waals surface area contributed by atoms with Crippen LogP contribution in [0.2, 0.25) is 5.02 Å². The van der Waals surface area contributed by atoms with Crippen molar-refractivity contribution in [3.8, 4) is 0 Å². The average Bonchev–Trinajstić information content (AvgIpc) is 2.96. The van der Waals surface area contributed by atoms with Gasteiger partial charge in [0.1, 0.15) is 0 Å². The predicted molar refractivity (Wildman–Crippen MR) is 85.7 cm³/mol. The molecule has 1 N–H and O–H groups in total. The Hall–Kier alpha value is -0.770. The maximum Gasteiger partial charge on any atom is 0.0750 e. The summed E-state index contributed by atoms with van der Waals surface area (Å²) in [5.74, 6) is 0. The fraction of sp³-hybridized carbons (Fsp3) is 0.625. The van der Waals surface area contributed by atoms with Crippen LogP contribution in [-0.4, -0.2) is 32.3 Å². The van der Waals surface area contributed by atoms with Gasteiger partial charge in [0.15, 0.2) is 0 Å². The van der Waals surface area contributed by atoms with E-state index in [0.29, 0.717) is 6.10 Å². The number of halogens is 1. The van der Waals surface area contributed by atoms with Crippen LogP contribution in [0.4, 0.5) is 5.69 Å². The van der Waals surface area contributed by atoms with E-state index < -0.39 is 0 Å². The molecule has 0 bridgehead atoms. The zero-order valence-corrected chi connectivity index (χ0v) is 13.2. The minimum absolute atomic E-state index is 0.371. The second kappa shape index (κ2) is 7.87. The van der Waals surface area contributed by atoms with E-state index >= 15 is 0 Å². The van der Waals surface area contributed by atoms with Crippen LogP contribution in [-0.2, 0) is 11.3 Å². The fourth-order valence-corrected chi connectivity index (χ4v) is 2.83. The molecule has 20 heavy (non-hydrogen) atoms. The first-order valence-electron chi connectivity index (χ1n) is 7.60. The minimum Gasteiger partial charge on any atom is -0.376 e. The van der Waals surface area contributed by atoms with Crippen molar-refractivity contribution in [2.75, 3.05) is 31.1 Å². The molecule has 0 radical (unpaired) electrons. The van der Waals surface area contributed by atoms with Crippen LogP contribution in [0.5, 0.6) is 0 Å². The maximum absolute atomic E-state index is 6.38. The quantitative estimate of drug-likeness (QED) is 0.834. The lowest BCUT2D eigenvalue weighted by atomic mass is 10.1. The highest BCUT2D eigenvalue weighted by Gasteiger charge is 2.19. The number of hydrogen-bond acceptors (Lipinski definition) is 3. The van der Waals surface area contributed by atoms with E-state index in [-0.39, 0.29) is 0 Å². The van der Waals surface area contributed by atoms with Gasteiger partial charge in [-0.05, 0) is 44.0 Å². The lowest BCUT2D eigenvalue weighted by Gasteiger charge is -2.26. The summed E-state index contributed by atoms with van der Waals surface area (Å²) in [7, 11) is 0. The summed E-state index contributed by atoms with van der Waals surface area (Å²) in [5.41, 5.74) is 2.35.